The molecular weight excluding hydrogens is 298 g/mol. The summed E-state index contributed by atoms with van der Waals surface area (Å²) >= 11 is 9.54. The molecule has 0 spiro atoms. The highest BCUT2D eigenvalue weighted by Gasteiger charge is 2.14. The average Bonchev–Trinajstić information content (AvgIpc) is 2.38. The van der Waals surface area contributed by atoms with Crippen molar-refractivity contribution in [3.05, 3.63) is 28.7 Å². The third-order valence-electron chi connectivity index (χ3n) is 2.45. The molecule has 1 aromatic rings. The van der Waals surface area contributed by atoms with E-state index in [-0.39, 0.29) is 10.8 Å². The van der Waals surface area contributed by atoms with E-state index < -0.39 is 6.09 Å². The van der Waals surface area contributed by atoms with Crippen molar-refractivity contribution in [2.75, 3.05) is 12.4 Å². The van der Waals surface area contributed by atoms with E-state index >= 15 is 0 Å². The number of aryl methyl sites for hydroxylation is 1. The Kier molecular flexibility index (Phi) is 6.26. The second-order valence-corrected chi connectivity index (χ2v) is 4.67. The molecule has 1 amide bonds. The van der Waals surface area contributed by atoms with E-state index in [0.717, 1.165) is 18.4 Å². The third kappa shape index (κ3) is 4.71. The van der Waals surface area contributed by atoms with Crippen LogP contribution < -0.4 is 10.6 Å². The number of nitroso groups, excluding NO2 is 1. The van der Waals surface area contributed by atoms with Crippen LogP contribution in [0, 0.1) is 4.91 Å². The van der Waals surface area contributed by atoms with Gasteiger partial charge in [-0.25, -0.2) is 4.79 Å². The normalized spacial score (nSPS) is 9.70. The molecule has 0 aromatic heterocycles. The molecule has 6 nitrogen and oxygen atoms in total. The van der Waals surface area contributed by atoms with Gasteiger partial charge in [0.15, 0.2) is 5.11 Å². The Morgan fingerprint density at radius 2 is 2.20 bits per heavy atom. The molecule has 0 fully saturated rings. The first-order valence-corrected chi connectivity index (χ1v) is 6.68. The number of carbonyl (C=O) groups excluding carboxylic acids is 1. The Balaban J connectivity index is 2.95. The maximum atomic E-state index is 11.3. The summed E-state index contributed by atoms with van der Waals surface area (Å²) in [5.74, 6) is 0. The SMILES string of the molecule is CCCc1ccc([N+](=O)[S-])c(NC(=S)NC(=O)OC)c1. The van der Waals surface area contributed by atoms with Gasteiger partial charge in [-0.2, -0.15) is 0 Å². The van der Waals surface area contributed by atoms with Crippen LogP contribution in [0.3, 0.4) is 0 Å². The van der Waals surface area contributed by atoms with Crippen molar-refractivity contribution in [2.45, 2.75) is 19.8 Å². The second-order valence-electron chi connectivity index (χ2n) is 3.93. The van der Waals surface area contributed by atoms with E-state index in [1.165, 1.54) is 7.11 Å². The van der Waals surface area contributed by atoms with Crippen molar-refractivity contribution in [2.24, 2.45) is 0 Å². The number of methoxy groups -OCH3 is 1. The Hall–Kier alpha value is -1.80. The van der Waals surface area contributed by atoms with Gasteiger partial charge in [0.25, 0.3) is 5.69 Å². The second kappa shape index (κ2) is 7.71. The van der Waals surface area contributed by atoms with Crippen molar-refractivity contribution in [3.63, 3.8) is 0 Å². The van der Waals surface area contributed by atoms with Gasteiger partial charge < -0.3 is 22.9 Å². The molecule has 0 saturated carbocycles. The summed E-state index contributed by atoms with van der Waals surface area (Å²) in [6, 6.07) is 5.23. The molecule has 0 atom stereocenters. The molecular formula is C12H15N3O3S2. The first-order chi connectivity index (χ1) is 9.47. The van der Waals surface area contributed by atoms with E-state index in [2.05, 4.69) is 35.1 Å². The molecule has 1 rings (SSSR count). The molecule has 0 radical (unpaired) electrons. The summed E-state index contributed by atoms with van der Waals surface area (Å²) in [6.45, 7) is 2.05. The zero-order valence-corrected chi connectivity index (χ0v) is 12.8. The monoisotopic (exact) mass is 313 g/mol. The minimum Gasteiger partial charge on any atom is -0.453 e. The first kappa shape index (κ1) is 16.3. The van der Waals surface area contributed by atoms with Crippen LogP contribution >= 0.6 is 12.2 Å². The minimum atomic E-state index is -0.689. The van der Waals surface area contributed by atoms with E-state index in [9.17, 15) is 9.70 Å². The molecule has 0 aliphatic rings. The Morgan fingerprint density at radius 1 is 1.50 bits per heavy atom. The molecule has 0 aliphatic carbocycles. The molecule has 20 heavy (non-hydrogen) atoms. The molecule has 1 aromatic carbocycles. The van der Waals surface area contributed by atoms with E-state index in [1.807, 2.05) is 6.07 Å². The molecule has 0 bridgehead atoms. The highest BCUT2D eigenvalue weighted by atomic mass is 32.1. The van der Waals surface area contributed by atoms with E-state index in [1.54, 1.807) is 12.1 Å². The summed E-state index contributed by atoms with van der Waals surface area (Å²) in [4.78, 5) is 22.4. The van der Waals surface area contributed by atoms with Crippen LogP contribution in [0.25, 0.3) is 0 Å². The van der Waals surface area contributed by atoms with E-state index in [0.29, 0.717) is 9.85 Å². The number of rotatable bonds is 4. The van der Waals surface area contributed by atoms with Crippen LogP contribution in [0.2, 0.25) is 0 Å². The number of nitrogens with zero attached hydrogens (tertiary/aromatic N) is 1. The van der Waals surface area contributed by atoms with Crippen LogP contribution in [0.5, 0.6) is 0 Å². The number of nitrogens with one attached hydrogen (secondary N) is 2. The molecule has 108 valence electrons. The zero-order valence-electron chi connectivity index (χ0n) is 11.1. The maximum absolute atomic E-state index is 11.3. The van der Waals surface area contributed by atoms with Gasteiger partial charge in [-0.3, -0.25) is 5.32 Å². The maximum Gasteiger partial charge on any atom is 0.413 e. The van der Waals surface area contributed by atoms with Crippen LogP contribution in [0.4, 0.5) is 16.2 Å². The molecule has 0 heterocycles. The van der Waals surface area contributed by atoms with Gasteiger partial charge >= 0.3 is 6.09 Å². The minimum absolute atomic E-state index is 0.0311. The van der Waals surface area contributed by atoms with Gasteiger partial charge in [0, 0.05) is 11.0 Å². The Labute approximate surface area is 128 Å². The molecule has 2 N–H and O–H groups in total. The predicted molar refractivity (Wildman–Crippen MR) is 82.9 cm³/mol. The number of anilines is 1. The number of carbonyl (C=O) groups is 1. The smallest absolute Gasteiger partial charge is 0.413 e. The third-order valence-corrected chi connectivity index (χ3v) is 2.85. The van der Waals surface area contributed by atoms with Crippen molar-refractivity contribution in [1.82, 2.24) is 5.32 Å². The van der Waals surface area contributed by atoms with Crippen LogP contribution in [0.1, 0.15) is 18.9 Å². The van der Waals surface area contributed by atoms with Gasteiger partial charge in [0.05, 0.1) is 7.11 Å². The average molecular weight is 313 g/mol. The number of thiocarbonyl (C=S) groups is 1. The van der Waals surface area contributed by atoms with Crippen molar-refractivity contribution < 1.29 is 13.7 Å². The first-order valence-electron chi connectivity index (χ1n) is 5.91. The summed E-state index contributed by atoms with van der Waals surface area (Å²) in [5, 5.41) is 5.10. The number of amides is 1. The lowest BCUT2D eigenvalue weighted by molar-refractivity contribution is -0.261. The number of ether oxygens (including phenoxy) is 1. The van der Waals surface area contributed by atoms with Gasteiger partial charge in [-0.1, -0.05) is 23.6 Å². The van der Waals surface area contributed by atoms with Crippen LogP contribution in [-0.4, -0.2) is 22.5 Å². The van der Waals surface area contributed by atoms with E-state index in [4.69, 9.17) is 12.2 Å². The predicted octanol–water partition coefficient (Wildman–Crippen LogP) is 2.56. The molecule has 0 unspecified atom stereocenters. The summed E-state index contributed by atoms with van der Waals surface area (Å²) in [7, 11) is 1.23. The number of alkyl carbamates (subject to hydrolysis) is 1. The van der Waals surface area contributed by atoms with Crippen LogP contribution in [0.15, 0.2) is 18.2 Å². The van der Waals surface area contributed by atoms with Gasteiger partial charge in [-0.15, -0.1) is 0 Å². The topological polar surface area (TPSA) is 70.4 Å². The number of benzene rings is 1. The lowest BCUT2D eigenvalue weighted by Crippen LogP contribution is -2.34. The van der Waals surface area contributed by atoms with Crippen molar-refractivity contribution in [1.29, 1.82) is 0 Å². The fourth-order valence-corrected chi connectivity index (χ4v) is 1.94. The fraction of sp³-hybridized carbons (Fsp3) is 0.333. The highest BCUT2D eigenvalue weighted by Crippen LogP contribution is 2.25. The zero-order chi connectivity index (χ0) is 15.1. The Morgan fingerprint density at radius 3 is 2.75 bits per heavy atom. The molecule has 0 aliphatic heterocycles. The lowest BCUT2D eigenvalue weighted by atomic mass is 10.1. The largest absolute Gasteiger partial charge is 0.453 e. The highest BCUT2D eigenvalue weighted by molar-refractivity contribution is 7.80. The van der Waals surface area contributed by atoms with Gasteiger partial charge in [0.2, 0.25) is 0 Å². The Bertz CT molecular complexity index is 535. The van der Waals surface area contributed by atoms with Gasteiger partial charge in [0.1, 0.15) is 5.69 Å². The van der Waals surface area contributed by atoms with Crippen molar-refractivity contribution >= 4 is 47.6 Å². The number of hydrogen-bond acceptors (Lipinski definition) is 5. The quantitative estimate of drug-likeness (QED) is 0.506. The molecule has 0 saturated heterocycles. The standard InChI is InChI=1S/C12H15N3O3S2/c1-3-4-8-5-6-10(15(17)20)9(7-8)13-11(19)14-12(16)18-2/h5-7H,3-4H2,1-2H3,(H2,13,14,16,19). The summed E-state index contributed by atoms with van der Waals surface area (Å²) in [5.41, 5.74) is 1.74. The summed E-state index contributed by atoms with van der Waals surface area (Å²) in [6.07, 6.45) is 1.15. The van der Waals surface area contributed by atoms with Gasteiger partial charge in [-0.05, 0) is 30.3 Å². The van der Waals surface area contributed by atoms with Crippen molar-refractivity contribution in [3.8, 4) is 0 Å². The van der Waals surface area contributed by atoms with Crippen LogP contribution in [-0.2, 0) is 24.0 Å². The molecule has 8 heteroatoms. The number of hydrogen-bond donors (Lipinski definition) is 2. The fourth-order valence-electron chi connectivity index (χ4n) is 1.58. The lowest BCUT2D eigenvalue weighted by Gasteiger charge is -2.11. The summed E-state index contributed by atoms with van der Waals surface area (Å²) < 4.78 is 4.75.